The minimum atomic E-state index is -0.0344. The van der Waals surface area contributed by atoms with Crippen molar-refractivity contribution in [3.8, 4) is 0 Å². The first-order valence-electron chi connectivity index (χ1n) is 10.3. The van der Waals surface area contributed by atoms with Crippen LogP contribution in [0.25, 0.3) is 0 Å². The Morgan fingerprint density at radius 2 is 2.00 bits per heavy atom. The summed E-state index contributed by atoms with van der Waals surface area (Å²) in [7, 11) is 0. The Kier molecular flexibility index (Phi) is 5.67. The number of ether oxygens (including phenoxy) is 1. The van der Waals surface area contributed by atoms with Crippen molar-refractivity contribution in [3.63, 3.8) is 0 Å². The second-order valence-electron chi connectivity index (χ2n) is 8.60. The van der Waals surface area contributed by atoms with Gasteiger partial charge in [-0.2, -0.15) is 0 Å². The number of piperidine rings is 1. The number of hydrogen-bond acceptors (Lipinski definition) is 4. The third-order valence-electron chi connectivity index (χ3n) is 6.64. The first-order valence-corrected chi connectivity index (χ1v) is 11.2. The van der Waals surface area contributed by atoms with Gasteiger partial charge < -0.3 is 9.64 Å². The van der Waals surface area contributed by atoms with E-state index in [0.29, 0.717) is 5.91 Å². The molecule has 5 heteroatoms. The molecule has 2 aliphatic heterocycles. The zero-order valence-electron chi connectivity index (χ0n) is 16.0. The fourth-order valence-electron chi connectivity index (χ4n) is 4.88. The smallest absolute Gasteiger partial charge is 0.225 e. The predicted octanol–water partition coefficient (Wildman–Crippen LogP) is 3.77. The van der Waals surface area contributed by atoms with E-state index in [1.807, 2.05) is 11.3 Å². The molecular weight excluding hydrogens is 344 g/mol. The molecule has 1 aromatic heterocycles. The van der Waals surface area contributed by atoms with Crippen molar-refractivity contribution in [3.05, 3.63) is 22.4 Å². The van der Waals surface area contributed by atoms with E-state index in [9.17, 15) is 4.79 Å². The first kappa shape index (κ1) is 18.5. The van der Waals surface area contributed by atoms with Crippen LogP contribution in [0.2, 0.25) is 0 Å². The van der Waals surface area contributed by atoms with Gasteiger partial charge >= 0.3 is 0 Å². The van der Waals surface area contributed by atoms with E-state index in [0.717, 1.165) is 70.9 Å². The molecule has 26 heavy (non-hydrogen) atoms. The maximum atomic E-state index is 12.9. The maximum Gasteiger partial charge on any atom is 0.225 e. The molecule has 1 saturated carbocycles. The average molecular weight is 377 g/mol. The number of thiophene rings is 1. The summed E-state index contributed by atoms with van der Waals surface area (Å²) in [5, 5.41) is 2.15. The first-order chi connectivity index (χ1) is 12.6. The number of carbonyl (C=O) groups excluding carboxylic acids is 1. The molecule has 0 N–H and O–H groups in total. The summed E-state index contributed by atoms with van der Waals surface area (Å²) in [6.45, 7) is 7.94. The van der Waals surface area contributed by atoms with Crippen LogP contribution in [-0.2, 0) is 16.1 Å². The summed E-state index contributed by atoms with van der Waals surface area (Å²) < 4.78 is 6.27. The molecule has 0 atom stereocenters. The van der Waals surface area contributed by atoms with Crippen LogP contribution >= 0.6 is 11.3 Å². The monoisotopic (exact) mass is 376 g/mol. The third-order valence-corrected chi connectivity index (χ3v) is 7.50. The fourth-order valence-corrected chi connectivity index (χ4v) is 5.63. The highest BCUT2D eigenvalue weighted by atomic mass is 32.1. The Morgan fingerprint density at radius 3 is 2.69 bits per heavy atom. The molecule has 1 spiro atoms. The summed E-state index contributed by atoms with van der Waals surface area (Å²) >= 11 is 1.84. The number of likely N-dealkylation sites (tertiary alicyclic amines) is 1. The number of nitrogens with zero attached hydrogens (tertiary/aromatic N) is 2. The Labute approximate surface area is 161 Å². The third kappa shape index (κ3) is 4.15. The lowest BCUT2D eigenvalue weighted by Crippen LogP contribution is -2.57. The summed E-state index contributed by atoms with van der Waals surface area (Å²) in [4.78, 5) is 19.0. The summed E-state index contributed by atoms with van der Waals surface area (Å²) in [5.41, 5.74) is -0.0344. The van der Waals surface area contributed by atoms with Gasteiger partial charge in [0.25, 0.3) is 0 Å². The molecule has 0 radical (unpaired) electrons. The van der Waals surface area contributed by atoms with Crippen molar-refractivity contribution >= 4 is 17.2 Å². The minimum absolute atomic E-state index is 0.0344. The Hall–Kier alpha value is -0.910. The molecule has 4 rings (SSSR count). The lowest BCUT2D eigenvalue weighted by atomic mass is 9.81. The van der Waals surface area contributed by atoms with Crippen molar-refractivity contribution in [2.45, 2.75) is 57.6 Å². The van der Waals surface area contributed by atoms with Gasteiger partial charge in [0.1, 0.15) is 0 Å². The van der Waals surface area contributed by atoms with Crippen LogP contribution in [0.4, 0.5) is 0 Å². The number of hydrogen-bond donors (Lipinski definition) is 0. The highest BCUT2D eigenvalue weighted by molar-refractivity contribution is 7.09. The summed E-state index contributed by atoms with van der Waals surface area (Å²) in [5.74, 6) is 1.49. The molecular formula is C21H32N2O2S. The molecule has 0 bridgehead atoms. The molecule has 0 unspecified atom stereocenters. The molecule has 3 heterocycles. The van der Waals surface area contributed by atoms with E-state index in [4.69, 9.17) is 4.74 Å². The molecule has 0 aromatic carbocycles. The van der Waals surface area contributed by atoms with Crippen molar-refractivity contribution in [1.29, 1.82) is 0 Å². The van der Waals surface area contributed by atoms with E-state index in [1.165, 1.54) is 17.7 Å². The van der Waals surface area contributed by atoms with Gasteiger partial charge in [0.15, 0.2) is 0 Å². The zero-order chi connectivity index (χ0) is 18.0. The maximum absolute atomic E-state index is 12.9. The summed E-state index contributed by atoms with van der Waals surface area (Å²) in [6.07, 6.45) is 6.59. The van der Waals surface area contributed by atoms with Gasteiger partial charge in [-0.05, 0) is 55.9 Å². The lowest BCUT2D eigenvalue weighted by molar-refractivity contribution is -0.154. The summed E-state index contributed by atoms with van der Waals surface area (Å²) in [6, 6.07) is 4.35. The molecule has 1 aromatic rings. The molecule has 1 amide bonds. The quantitative estimate of drug-likeness (QED) is 0.805. The van der Waals surface area contributed by atoms with Gasteiger partial charge in [0.05, 0.1) is 12.2 Å². The van der Waals surface area contributed by atoms with E-state index < -0.39 is 0 Å². The van der Waals surface area contributed by atoms with Crippen LogP contribution in [0.15, 0.2) is 17.5 Å². The largest absolute Gasteiger partial charge is 0.372 e. The van der Waals surface area contributed by atoms with Gasteiger partial charge in [-0.15, -0.1) is 11.3 Å². The number of amides is 1. The van der Waals surface area contributed by atoms with Gasteiger partial charge in [-0.3, -0.25) is 9.69 Å². The Bertz CT molecular complexity index is 587. The zero-order valence-corrected chi connectivity index (χ0v) is 16.8. The van der Waals surface area contributed by atoms with Crippen LogP contribution in [0.5, 0.6) is 0 Å². The van der Waals surface area contributed by atoms with E-state index in [2.05, 4.69) is 34.2 Å². The number of morpholine rings is 1. The SMILES string of the molecule is CC1CCC(C(=O)N2CCC3(CC2)CN(Cc2cccs2)CCO3)CC1. The minimum Gasteiger partial charge on any atom is -0.372 e. The highest BCUT2D eigenvalue weighted by Gasteiger charge is 2.41. The second-order valence-corrected chi connectivity index (χ2v) is 9.64. The van der Waals surface area contributed by atoms with Crippen molar-refractivity contribution in [1.82, 2.24) is 9.80 Å². The predicted molar refractivity (Wildman–Crippen MR) is 105 cm³/mol. The molecule has 2 saturated heterocycles. The Morgan fingerprint density at radius 1 is 1.23 bits per heavy atom. The van der Waals surface area contributed by atoms with Gasteiger partial charge in [-0.1, -0.05) is 13.0 Å². The van der Waals surface area contributed by atoms with E-state index in [-0.39, 0.29) is 11.5 Å². The standard InChI is InChI=1S/C21H32N2O2S/c1-17-4-6-18(7-5-17)20(24)23-10-8-21(9-11-23)16-22(12-13-25-21)15-19-3-2-14-26-19/h2-3,14,17-18H,4-13,15-16H2,1H3. The fraction of sp³-hybridized carbons (Fsp3) is 0.762. The van der Waals surface area contributed by atoms with Crippen molar-refractivity contribution in [2.75, 3.05) is 32.8 Å². The van der Waals surface area contributed by atoms with Gasteiger partial charge in [-0.25, -0.2) is 0 Å². The number of rotatable bonds is 3. The van der Waals surface area contributed by atoms with Crippen LogP contribution in [0, 0.1) is 11.8 Å². The van der Waals surface area contributed by atoms with Crippen LogP contribution in [-0.4, -0.2) is 54.1 Å². The van der Waals surface area contributed by atoms with Crippen LogP contribution in [0.1, 0.15) is 50.3 Å². The molecule has 3 aliphatic rings. The average Bonchev–Trinajstić information content (AvgIpc) is 3.16. The molecule has 144 valence electrons. The van der Waals surface area contributed by atoms with Crippen LogP contribution in [0.3, 0.4) is 0 Å². The van der Waals surface area contributed by atoms with Crippen LogP contribution < -0.4 is 0 Å². The highest BCUT2D eigenvalue weighted by Crippen LogP contribution is 2.34. The topological polar surface area (TPSA) is 32.8 Å². The molecule has 3 fully saturated rings. The number of carbonyl (C=O) groups is 1. The van der Waals surface area contributed by atoms with E-state index >= 15 is 0 Å². The van der Waals surface area contributed by atoms with E-state index in [1.54, 1.807) is 0 Å². The van der Waals surface area contributed by atoms with Crippen molar-refractivity contribution in [2.24, 2.45) is 11.8 Å². The second kappa shape index (κ2) is 7.99. The molecule has 4 nitrogen and oxygen atoms in total. The molecule has 1 aliphatic carbocycles. The normalized spacial score (nSPS) is 29.8. The Balaban J connectivity index is 1.30. The van der Waals surface area contributed by atoms with Gasteiger partial charge in [0.2, 0.25) is 5.91 Å². The lowest BCUT2D eigenvalue weighted by Gasteiger charge is -2.47. The van der Waals surface area contributed by atoms with Gasteiger partial charge in [0, 0.05) is 43.5 Å². The van der Waals surface area contributed by atoms with Crippen molar-refractivity contribution < 1.29 is 9.53 Å².